The first-order chi connectivity index (χ1) is 12.4. The molecule has 0 atom stereocenters. The minimum Gasteiger partial charge on any atom is -0.508 e. The summed E-state index contributed by atoms with van der Waals surface area (Å²) in [5, 5.41) is 20.4. The van der Waals surface area contributed by atoms with Crippen LogP contribution < -0.4 is 9.47 Å². The van der Waals surface area contributed by atoms with Crippen molar-refractivity contribution >= 4 is 22.8 Å². The first-order valence-corrected chi connectivity index (χ1v) is 8.06. The van der Waals surface area contributed by atoms with Gasteiger partial charge in [-0.2, -0.15) is 0 Å². The molecule has 1 aromatic heterocycles. The third-order valence-electron chi connectivity index (χ3n) is 4.56. The summed E-state index contributed by atoms with van der Waals surface area (Å²) in [4.78, 5) is 15.9. The Morgan fingerprint density at radius 3 is 2.65 bits per heavy atom. The number of ether oxygens (including phenoxy) is 2. The van der Waals surface area contributed by atoms with Crippen LogP contribution in [0.1, 0.15) is 27.2 Å². The molecule has 6 nitrogen and oxygen atoms in total. The highest BCUT2D eigenvalue weighted by Gasteiger charge is 2.31. The lowest BCUT2D eigenvalue weighted by Crippen LogP contribution is -1.98. The number of methoxy groups -OCH3 is 1. The van der Waals surface area contributed by atoms with Crippen molar-refractivity contribution in [2.45, 2.75) is 13.8 Å². The minimum absolute atomic E-state index is 0.0555. The maximum absolute atomic E-state index is 12.6. The van der Waals surface area contributed by atoms with Crippen LogP contribution in [0.5, 0.6) is 23.0 Å². The van der Waals surface area contributed by atoms with E-state index in [-0.39, 0.29) is 28.6 Å². The van der Waals surface area contributed by atoms with Crippen LogP contribution in [0.2, 0.25) is 0 Å². The largest absolute Gasteiger partial charge is 0.508 e. The molecule has 2 heterocycles. The normalized spacial score (nSPS) is 14.7. The summed E-state index contributed by atoms with van der Waals surface area (Å²) < 4.78 is 11.0. The number of allylic oxidation sites excluding steroid dienone is 1. The van der Waals surface area contributed by atoms with E-state index < -0.39 is 5.78 Å². The third-order valence-corrected chi connectivity index (χ3v) is 4.56. The Morgan fingerprint density at radius 1 is 1.15 bits per heavy atom. The lowest BCUT2D eigenvalue weighted by molar-refractivity contribution is 0.101. The number of Topliss-reactive ketones (excluding diaryl/α,β-unsaturated/α-hetero) is 1. The molecule has 3 aromatic rings. The summed E-state index contributed by atoms with van der Waals surface area (Å²) in [6.07, 6.45) is 1.64. The Bertz CT molecular complexity index is 1110. The van der Waals surface area contributed by atoms with Crippen molar-refractivity contribution in [3.8, 4) is 23.0 Å². The monoisotopic (exact) mass is 351 g/mol. The number of phenolic OH excluding ortho intramolecular Hbond substituents is 2. The highest BCUT2D eigenvalue weighted by atomic mass is 16.5. The number of hydrogen-bond donors (Lipinski definition) is 3. The Morgan fingerprint density at radius 2 is 1.92 bits per heavy atom. The van der Waals surface area contributed by atoms with Gasteiger partial charge in [-0.1, -0.05) is 0 Å². The van der Waals surface area contributed by atoms with Crippen LogP contribution in [0.3, 0.4) is 0 Å². The number of carbonyl (C=O) groups is 1. The van der Waals surface area contributed by atoms with Crippen molar-refractivity contribution in [2.75, 3.05) is 7.11 Å². The molecule has 0 amide bonds. The predicted molar refractivity (Wildman–Crippen MR) is 97.0 cm³/mol. The van der Waals surface area contributed by atoms with Crippen molar-refractivity contribution in [2.24, 2.45) is 0 Å². The van der Waals surface area contributed by atoms with E-state index in [4.69, 9.17) is 9.47 Å². The van der Waals surface area contributed by atoms with Crippen LogP contribution in [0.25, 0.3) is 17.0 Å². The Hall–Kier alpha value is -3.41. The van der Waals surface area contributed by atoms with Crippen molar-refractivity contribution in [1.82, 2.24) is 4.98 Å². The molecular weight excluding hydrogens is 334 g/mol. The Balaban J connectivity index is 1.86. The first-order valence-electron chi connectivity index (χ1n) is 8.06. The number of aromatic hydroxyl groups is 2. The van der Waals surface area contributed by atoms with Crippen LogP contribution in [0.4, 0.5) is 0 Å². The maximum atomic E-state index is 12.6. The van der Waals surface area contributed by atoms with Crippen LogP contribution in [0, 0.1) is 13.8 Å². The van der Waals surface area contributed by atoms with E-state index in [0.717, 1.165) is 39.5 Å². The molecule has 0 bridgehead atoms. The molecule has 0 fully saturated rings. The summed E-state index contributed by atoms with van der Waals surface area (Å²) >= 11 is 0. The number of ketones is 1. The number of phenols is 2. The Labute approximate surface area is 149 Å². The van der Waals surface area contributed by atoms with E-state index >= 15 is 0 Å². The average molecular weight is 351 g/mol. The van der Waals surface area contributed by atoms with Crippen molar-refractivity contribution in [1.29, 1.82) is 0 Å². The zero-order valence-corrected chi connectivity index (χ0v) is 14.5. The average Bonchev–Trinajstić information content (AvgIpc) is 3.04. The van der Waals surface area contributed by atoms with Crippen molar-refractivity contribution < 1.29 is 24.5 Å². The van der Waals surface area contributed by atoms with E-state index in [0.29, 0.717) is 0 Å². The summed E-state index contributed by atoms with van der Waals surface area (Å²) in [6.45, 7) is 3.87. The highest BCUT2D eigenvalue weighted by molar-refractivity contribution is 6.17. The molecule has 6 heteroatoms. The number of aromatic amines is 1. The summed E-state index contributed by atoms with van der Waals surface area (Å²) in [5.74, 6) is 0.0836. The fourth-order valence-electron chi connectivity index (χ4n) is 3.30. The topological polar surface area (TPSA) is 91.8 Å². The molecule has 0 spiro atoms. The van der Waals surface area contributed by atoms with Gasteiger partial charge in [0.1, 0.15) is 28.6 Å². The van der Waals surface area contributed by atoms with Gasteiger partial charge in [0.2, 0.25) is 5.78 Å². The second-order valence-electron chi connectivity index (χ2n) is 6.31. The van der Waals surface area contributed by atoms with Gasteiger partial charge in [0.25, 0.3) is 0 Å². The maximum Gasteiger partial charge on any atom is 0.235 e. The Kier molecular flexibility index (Phi) is 3.44. The minimum atomic E-state index is -0.426. The standard InChI is InChI=1S/C20H17NO5/c1-9-4-14-13(8-16(9)25-3)12(10(2)21-14)7-18-20(24)19-15(23)5-11(22)6-17(19)26-18/h4-8,21-23H,1-3H3/b18-7+. The predicted octanol–water partition coefficient (Wildman–Crippen LogP) is 3.82. The van der Waals surface area contributed by atoms with Gasteiger partial charge < -0.3 is 24.7 Å². The van der Waals surface area contributed by atoms with Crippen LogP contribution in [0.15, 0.2) is 30.0 Å². The van der Waals surface area contributed by atoms with Gasteiger partial charge in [-0.25, -0.2) is 0 Å². The van der Waals surface area contributed by atoms with E-state index in [1.165, 1.54) is 6.07 Å². The molecule has 0 radical (unpaired) electrons. The number of H-pyrrole nitrogens is 1. The van der Waals surface area contributed by atoms with Gasteiger partial charge in [0.15, 0.2) is 5.76 Å². The molecule has 4 rings (SSSR count). The fraction of sp³-hybridized carbons (Fsp3) is 0.150. The number of fused-ring (bicyclic) bond motifs is 2. The molecular formula is C20H17NO5. The van der Waals surface area contributed by atoms with E-state index in [1.54, 1.807) is 13.2 Å². The van der Waals surface area contributed by atoms with Crippen LogP contribution in [-0.2, 0) is 0 Å². The molecule has 1 aliphatic rings. The summed E-state index contributed by atoms with van der Waals surface area (Å²) in [6, 6.07) is 6.32. The molecule has 26 heavy (non-hydrogen) atoms. The molecule has 0 unspecified atom stereocenters. The number of aromatic nitrogens is 1. The second-order valence-corrected chi connectivity index (χ2v) is 6.31. The molecule has 1 aliphatic heterocycles. The number of nitrogens with one attached hydrogen (secondary N) is 1. The van der Waals surface area contributed by atoms with Crippen molar-refractivity contribution in [3.63, 3.8) is 0 Å². The third kappa shape index (κ3) is 2.30. The zero-order valence-electron chi connectivity index (χ0n) is 14.5. The van der Waals surface area contributed by atoms with Crippen molar-refractivity contribution in [3.05, 3.63) is 52.4 Å². The molecule has 0 aliphatic carbocycles. The molecule has 2 aromatic carbocycles. The number of benzene rings is 2. The second kappa shape index (κ2) is 5.56. The van der Waals surface area contributed by atoms with Gasteiger partial charge in [0, 0.05) is 34.3 Å². The number of carbonyl (C=O) groups excluding carboxylic acids is 1. The van der Waals surface area contributed by atoms with E-state index in [1.807, 2.05) is 26.0 Å². The van der Waals surface area contributed by atoms with Gasteiger partial charge in [-0.15, -0.1) is 0 Å². The van der Waals surface area contributed by atoms with Gasteiger partial charge in [0.05, 0.1) is 7.11 Å². The van der Waals surface area contributed by atoms with Gasteiger partial charge in [-0.3, -0.25) is 4.79 Å². The molecule has 132 valence electrons. The van der Waals surface area contributed by atoms with Crippen LogP contribution in [-0.4, -0.2) is 28.1 Å². The van der Waals surface area contributed by atoms with E-state index in [2.05, 4.69) is 4.98 Å². The SMILES string of the molecule is COc1cc2c(/C=C3/Oc4cc(O)cc(O)c4C3=O)c(C)[nH]c2cc1C. The molecule has 0 saturated heterocycles. The van der Waals surface area contributed by atoms with E-state index in [9.17, 15) is 15.0 Å². The lowest BCUT2D eigenvalue weighted by Gasteiger charge is -2.05. The lowest BCUT2D eigenvalue weighted by atomic mass is 10.0. The molecule has 0 saturated carbocycles. The number of aryl methyl sites for hydroxylation is 2. The molecule has 3 N–H and O–H groups in total. The zero-order chi connectivity index (χ0) is 18.6. The number of rotatable bonds is 2. The van der Waals surface area contributed by atoms with Gasteiger partial charge in [-0.05, 0) is 37.6 Å². The summed E-state index contributed by atoms with van der Waals surface area (Å²) in [7, 11) is 1.61. The quantitative estimate of drug-likeness (QED) is 0.611. The fourth-order valence-corrected chi connectivity index (χ4v) is 3.30. The number of hydrogen-bond acceptors (Lipinski definition) is 5. The summed E-state index contributed by atoms with van der Waals surface area (Å²) in [5.41, 5.74) is 3.66. The van der Waals surface area contributed by atoms with Crippen LogP contribution >= 0.6 is 0 Å². The first kappa shape index (κ1) is 16.1. The highest BCUT2D eigenvalue weighted by Crippen LogP contribution is 2.41. The smallest absolute Gasteiger partial charge is 0.235 e. The van der Waals surface area contributed by atoms with Gasteiger partial charge >= 0.3 is 0 Å².